The van der Waals surface area contributed by atoms with Crippen molar-refractivity contribution in [1.29, 1.82) is 0 Å². The summed E-state index contributed by atoms with van der Waals surface area (Å²) in [6.07, 6.45) is 3.05. The van der Waals surface area contributed by atoms with E-state index >= 15 is 0 Å². The number of aromatic nitrogens is 3. The van der Waals surface area contributed by atoms with Crippen LogP contribution in [0.15, 0.2) is 35.5 Å². The summed E-state index contributed by atoms with van der Waals surface area (Å²) < 4.78 is 53.9. The van der Waals surface area contributed by atoms with Crippen molar-refractivity contribution in [2.24, 2.45) is 5.41 Å². The summed E-state index contributed by atoms with van der Waals surface area (Å²) in [5.74, 6) is 0.780. The van der Waals surface area contributed by atoms with E-state index in [-0.39, 0.29) is 16.0 Å². The Morgan fingerprint density at radius 3 is 2.50 bits per heavy atom. The first-order chi connectivity index (χ1) is 14.0. The van der Waals surface area contributed by atoms with E-state index in [0.29, 0.717) is 24.6 Å². The number of pyridine rings is 1. The summed E-state index contributed by atoms with van der Waals surface area (Å²) in [6.45, 7) is 6.48. The molecule has 0 saturated heterocycles. The van der Waals surface area contributed by atoms with Crippen LogP contribution < -0.4 is 10.0 Å². The molecule has 2 heterocycles. The highest BCUT2D eigenvalue weighted by Gasteiger charge is 2.47. The first kappa shape index (κ1) is 22.5. The van der Waals surface area contributed by atoms with Crippen molar-refractivity contribution < 1.29 is 17.2 Å². The van der Waals surface area contributed by atoms with Gasteiger partial charge in [-0.15, -0.1) is 0 Å². The van der Waals surface area contributed by atoms with Crippen molar-refractivity contribution in [3.8, 4) is 0 Å². The Morgan fingerprint density at radius 2 is 1.90 bits per heavy atom. The lowest BCUT2D eigenvalue weighted by molar-refractivity contribution is 0.145. The molecule has 2 aromatic rings. The van der Waals surface area contributed by atoms with Crippen LogP contribution in [0.5, 0.6) is 0 Å². The molecule has 1 aliphatic rings. The molecule has 1 fully saturated rings. The van der Waals surface area contributed by atoms with Gasteiger partial charge >= 0.3 is 0 Å². The number of alkyl halides is 2. The molecule has 164 valence electrons. The molecule has 0 bridgehead atoms. The Morgan fingerprint density at radius 1 is 1.13 bits per heavy atom. The van der Waals surface area contributed by atoms with Gasteiger partial charge in [-0.1, -0.05) is 20.3 Å². The molecule has 0 amide bonds. The van der Waals surface area contributed by atoms with Crippen LogP contribution in [0.25, 0.3) is 0 Å². The summed E-state index contributed by atoms with van der Waals surface area (Å²) in [6, 6.07) is 4.26. The quantitative estimate of drug-likeness (QED) is 0.651. The first-order valence-electron chi connectivity index (χ1n) is 9.86. The zero-order chi connectivity index (χ0) is 22.0. The van der Waals surface area contributed by atoms with E-state index in [1.807, 2.05) is 6.92 Å². The topological polar surface area (TPSA) is 96.9 Å². The van der Waals surface area contributed by atoms with Gasteiger partial charge in [0.1, 0.15) is 22.2 Å². The lowest BCUT2D eigenvalue weighted by Crippen LogP contribution is -2.52. The highest BCUT2D eigenvalue weighted by molar-refractivity contribution is 7.89. The van der Waals surface area contributed by atoms with Crippen LogP contribution in [-0.2, 0) is 16.4 Å². The monoisotopic (exact) mass is 439 g/mol. The molecule has 1 unspecified atom stereocenters. The average Bonchev–Trinajstić information content (AvgIpc) is 2.94. The minimum Gasteiger partial charge on any atom is -0.370 e. The van der Waals surface area contributed by atoms with Gasteiger partial charge in [-0.3, -0.25) is 0 Å². The molecule has 1 atom stereocenters. The lowest BCUT2D eigenvalue weighted by atomic mass is 9.77. The molecule has 3 rings (SSSR count). The molecule has 0 radical (unpaired) electrons. The lowest BCUT2D eigenvalue weighted by Gasteiger charge is -2.38. The van der Waals surface area contributed by atoms with Gasteiger partial charge in [-0.05, 0) is 43.4 Å². The number of nitrogens with zero attached hydrogens (tertiary/aromatic N) is 3. The highest BCUT2D eigenvalue weighted by Crippen LogP contribution is 2.46. The van der Waals surface area contributed by atoms with Gasteiger partial charge in [0, 0.05) is 30.9 Å². The summed E-state index contributed by atoms with van der Waals surface area (Å²) in [7, 11) is -3.70. The molecular weight excluding hydrogens is 412 g/mol. The van der Waals surface area contributed by atoms with Crippen LogP contribution in [0, 0.1) is 5.41 Å². The SMILES string of the molecule is CC1(C)CCCC1(C)NS(=O)(=O)c1ccc(NCCc2nccc(C(F)F)n2)nc1. The molecule has 7 nitrogen and oxygen atoms in total. The molecule has 2 N–H and O–H groups in total. The Labute approximate surface area is 175 Å². The molecule has 0 spiro atoms. The minimum atomic E-state index is -3.70. The second-order valence-corrected chi connectivity index (χ2v) is 10.1. The Balaban J connectivity index is 1.60. The fraction of sp³-hybridized carbons (Fsp3) is 0.550. The highest BCUT2D eigenvalue weighted by atomic mass is 32.2. The normalized spacial score (nSPS) is 21.1. The Hall–Kier alpha value is -2.20. The van der Waals surface area contributed by atoms with Crippen LogP contribution in [-0.4, -0.2) is 35.5 Å². The first-order valence-corrected chi connectivity index (χ1v) is 11.3. The van der Waals surface area contributed by atoms with E-state index in [4.69, 9.17) is 0 Å². The average molecular weight is 440 g/mol. The van der Waals surface area contributed by atoms with Gasteiger partial charge in [0.2, 0.25) is 10.0 Å². The predicted octanol–water partition coefficient (Wildman–Crippen LogP) is 3.71. The van der Waals surface area contributed by atoms with Crippen molar-refractivity contribution in [2.45, 2.75) is 63.3 Å². The molecule has 2 aromatic heterocycles. The number of rotatable bonds is 8. The molecule has 1 saturated carbocycles. The number of nitrogens with one attached hydrogen (secondary N) is 2. The fourth-order valence-corrected chi connectivity index (χ4v) is 5.17. The van der Waals surface area contributed by atoms with Gasteiger partial charge in [-0.25, -0.2) is 36.9 Å². The van der Waals surface area contributed by atoms with Crippen molar-refractivity contribution in [3.63, 3.8) is 0 Å². The third kappa shape index (κ3) is 4.92. The van der Waals surface area contributed by atoms with E-state index in [0.717, 1.165) is 19.3 Å². The molecular formula is C20H27F2N5O2S. The number of anilines is 1. The molecule has 30 heavy (non-hydrogen) atoms. The predicted molar refractivity (Wildman–Crippen MR) is 110 cm³/mol. The molecule has 0 aliphatic heterocycles. The van der Waals surface area contributed by atoms with Crippen LogP contribution >= 0.6 is 0 Å². The van der Waals surface area contributed by atoms with E-state index in [1.54, 1.807) is 6.07 Å². The largest absolute Gasteiger partial charge is 0.370 e. The van der Waals surface area contributed by atoms with Gasteiger partial charge in [0.05, 0.1) is 0 Å². The third-order valence-electron chi connectivity index (χ3n) is 5.98. The van der Waals surface area contributed by atoms with Gasteiger partial charge in [0.25, 0.3) is 6.43 Å². The number of hydrogen-bond acceptors (Lipinski definition) is 6. The van der Waals surface area contributed by atoms with E-state index in [1.165, 1.54) is 24.5 Å². The number of halogens is 2. The summed E-state index contributed by atoms with van der Waals surface area (Å²) in [4.78, 5) is 12.0. The summed E-state index contributed by atoms with van der Waals surface area (Å²) >= 11 is 0. The molecule has 0 aromatic carbocycles. The maximum Gasteiger partial charge on any atom is 0.280 e. The maximum absolute atomic E-state index is 12.8. The number of hydrogen-bond donors (Lipinski definition) is 2. The third-order valence-corrected chi connectivity index (χ3v) is 7.57. The maximum atomic E-state index is 12.8. The minimum absolute atomic E-state index is 0.102. The second kappa shape index (κ2) is 8.50. The molecule has 10 heteroatoms. The van der Waals surface area contributed by atoms with Crippen molar-refractivity contribution >= 4 is 15.8 Å². The van der Waals surface area contributed by atoms with Gasteiger partial charge in [-0.2, -0.15) is 0 Å². The molecule has 1 aliphatic carbocycles. The van der Waals surface area contributed by atoms with Crippen molar-refractivity contribution in [3.05, 3.63) is 42.1 Å². The number of sulfonamides is 1. The van der Waals surface area contributed by atoms with Crippen molar-refractivity contribution in [2.75, 3.05) is 11.9 Å². The van der Waals surface area contributed by atoms with Gasteiger partial charge in [0.15, 0.2) is 0 Å². The van der Waals surface area contributed by atoms with Crippen LogP contribution in [0.1, 0.15) is 58.0 Å². The van der Waals surface area contributed by atoms with E-state index in [2.05, 4.69) is 38.8 Å². The summed E-state index contributed by atoms with van der Waals surface area (Å²) in [5, 5.41) is 3.02. The smallest absolute Gasteiger partial charge is 0.280 e. The Bertz CT molecular complexity index is 983. The van der Waals surface area contributed by atoms with E-state index < -0.39 is 22.0 Å². The standard InChI is InChI=1S/C20H27F2N5O2S/c1-19(2)9-4-10-20(19,3)27-30(28,29)14-5-6-16(25-13-14)23-12-8-17-24-11-7-15(26-17)18(21)22/h5-7,11,13,18,27H,4,8-10,12H2,1-3H3,(H,23,25). The van der Waals surface area contributed by atoms with Crippen LogP contribution in [0.4, 0.5) is 14.6 Å². The summed E-state index contributed by atoms with van der Waals surface area (Å²) in [5.41, 5.74) is -0.937. The zero-order valence-corrected chi connectivity index (χ0v) is 18.1. The van der Waals surface area contributed by atoms with Gasteiger partial charge < -0.3 is 5.32 Å². The second-order valence-electron chi connectivity index (χ2n) is 8.43. The van der Waals surface area contributed by atoms with Crippen LogP contribution in [0.3, 0.4) is 0 Å². The zero-order valence-electron chi connectivity index (χ0n) is 17.3. The van der Waals surface area contributed by atoms with Crippen molar-refractivity contribution in [1.82, 2.24) is 19.7 Å². The Kier molecular flexibility index (Phi) is 6.37. The fourth-order valence-electron chi connectivity index (χ4n) is 3.65. The van der Waals surface area contributed by atoms with Crippen LogP contribution in [0.2, 0.25) is 0 Å². The van der Waals surface area contributed by atoms with E-state index in [9.17, 15) is 17.2 Å².